The first-order valence-corrected chi connectivity index (χ1v) is 7.97. The molecule has 0 aliphatic carbocycles. The van der Waals surface area contributed by atoms with E-state index in [1.54, 1.807) is 0 Å². The van der Waals surface area contributed by atoms with Gasteiger partial charge in [-0.3, -0.25) is 5.84 Å². The van der Waals surface area contributed by atoms with E-state index in [2.05, 4.69) is 5.43 Å². The van der Waals surface area contributed by atoms with Gasteiger partial charge in [0.1, 0.15) is 11.3 Å². The van der Waals surface area contributed by atoms with Crippen LogP contribution in [0, 0.1) is 0 Å². The van der Waals surface area contributed by atoms with Gasteiger partial charge in [-0.25, -0.2) is 5.43 Å². The van der Waals surface area contributed by atoms with E-state index in [1.165, 1.54) is 25.0 Å². The highest BCUT2D eigenvalue weighted by Gasteiger charge is 2.27. The van der Waals surface area contributed by atoms with Crippen molar-refractivity contribution in [1.82, 2.24) is 5.43 Å². The van der Waals surface area contributed by atoms with Crippen LogP contribution in [0.5, 0.6) is 0 Å². The Kier molecular flexibility index (Phi) is 4.03. The minimum atomic E-state index is 0.0662. The molecule has 1 aromatic heterocycles. The number of benzene rings is 1. The molecular formula is C14H17ClN2OS. The van der Waals surface area contributed by atoms with Gasteiger partial charge in [-0.05, 0) is 42.9 Å². The van der Waals surface area contributed by atoms with E-state index < -0.39 is 0 Å². The van der Waals surface area contributed by atoms with E-state index in [0.29, 0.717) is 5.25 Å². The van der Waals surface area contributed by atoms with Crippen molar-refractivity contribution in [2.75, 3.05) is 5.75 Å². The Morgan fingerprint density at radius 1 is 1.37 bits per heavy atom. The summed E-state index contributed by atoms with van der Waals surface area (Å²) in [5.41, 5.74) is 3.78. The fourth-order valence-corrected chi connectivity index (χ4v) is 4.18. The van der Waals surface area contributed by atoms with E-state index >= 15 is 0 Å². The third-order valence-electron chi connectivity index (χ3n) is 3.57. The number of nitrogens with two attached hydrogens (primary N) is 1. The standard InChI is InChI=1S/C14H17ClN2OS/c15-10-4-5-11-9(7-10)8-12(18-11)14(17-16)13-3-1-2-6-19-13/h4-5,7-8,13-14,17H,1-3,6,16H2. The van der Waals surface area contributed by atoms with E-state index in [-0.39, 0.29) is 6.04 Å². The molecule has 0 spiro atoms. The van der Waals surface area contributed by atoms with Gasteiger partial charge in [0.25, 0.3) is 0 Å². The Morgan fingerprint density at radius 2 is 2.26 bits per heavy atom. The maximum absolute atomic E-state index is 6.00. The molecule has 19 heavy (non-hydrogen) atoms. The van der Waals surface area contributed by atoms with Gasteiger partial charge in [0, 0.05) is 15.7 Å². The number of hydrogen-bond acceptors (Lipinski definition) is 4. The normalized spacial score (nSPS) is 21.7. The largest absolute Gasteiger partial charge is 0.459 e. The van der Waals surface area contributed by atoms with Crippen LogP contribution in [0.25, 0.3) is 11.0 Å². The number of hydrogen-bond donors (Lipinski definition) is 2. The molecule has 1 fully saturated rings. The summed E-state index contributed by atoms with van der Waals surface area (Å²) in [6.45, 7) is 0. The first-order valence-electron chi connectivity index (χ1n) is 6.54. The molecule has 1 aliphatic heterocycles. The fraction of sp³-hybridized carbons (Fsp3) is 0.429. The van der Waals surface area contributed by atoms with Crippen molar-refractivity contribution >= 4 is 34.3 Å². The van der Waals surface area contributed by atoms with Crippen molar-refractivity contribution < 1.29 is 4.42 Å². The van der Waals surface area contributed by atoms with Crippen molar-refractivity contribution in [2.45, 2.75) is 30.6 Å². The lowest BCUT2D eigenvalue weighted by Crippen LogP contribution is -2.36. The van der Waals surface area contributed by atoms with Crippen LogP contribution >= 0.6 is 23.4 Å². The zero-order chi connectivity index (χ0) is 13.2. The van der Waals surface area contributed by atoms with Gasteiger partial charge < -0.3 is 4.42 Å². The van der Waals surface area contributed by atoms with Crippen molar-refractivity contribution in [3.63, 3.8) is 0 Å². The van der Waals surface area contributed by atoms with Crippen LogP contribution in [-0.2, 0) is 0 Å². The lowest BCUT2D eigenvalue weighted by atomic mass is 10.1. The first-order chi connectivity index (χ1) is 9.28. The first kappa shape index (κ1) is 13.3. The quantitative estimate of drug-likeness (QED) is 0.667. The van der Waals surface area contributed by atoms with Crippen LogP contribution in [0.3, 0.4) is 0 Å². The Hall–Kier alpha value is -0.680. The number of nitrogens with one attached hydrogen (secondary N) is 1. The molecule has 0 radical (unpaired) electrons. The predicted octanol–water partition coefficient (Wildman–Crippen LogP) is 3.88. The summed E-state index contributed by atoms with van der Waals surface area (Å²) in [5, 5.41) is 2.24. The molecular weight excluding hydrogens is 280 g/mol. The Morgan fingerprint density at radius 3 is 3.00 bits per heavy atom. The van der Waals surface area contributed by atoms with Gasteiger partial charge in [0.2, 0.25) is 0 Å². The van der Waals surface area contributed by atoms with Crippen molar-refractivity contribution in [1.29, 1.82) is 0 Å². The van der Waals surface area contributed by atoms with Crippen LogP contribution < -0.4 is 11.3 Å². The summed E-state index contributed by atoms with van der Waals surface area (Å²) in [4.78, 5) is 0. The minimum absolute atomic E-state index is 0.0662. The van der Waals surface area contributed by atoms with E-state index in [4.69, 9.17) is 21.9 Å². The topological polar surface area (TPSA) is 51.2 Å². The highest BCUT2D eigenvalue weighted by Crippen LogP contribution is 2.36. The van der Waals surface area contributed by atoms with E-state index in [9.17, 15) is 0 Å². The van der Waals surface area contributed by atoms with Gasteiger partial charge in [0.05, 0.1) is 6.04 Å². The summed E-state index contributed by atoms with van der Waals surface area (Å²) in [7, 11) is 0. The lowest BCUT2D eigenvalue weighted by Gasteiger charge is -2.27. The van der Waals surface area contributed by atoms with Crippen molar-refractivity contribution in [3.05, 3.63) is 35.0 Å². The highest BCUT2D eigenvalue weighted by molar-refractivity contribution is 8.00. The van der Waals surface area contributed by atoms with Gasteiger partial charge >= 0.3 is 0 Å². The third kappa shape index (κ3) is 2.77. The van der Waals surface area contributed by atoms with Crippen LogP contribution in [0.4, 0.5) is 0 Å². The van der Waals surface area contributed by atoms with Gasteiger partial charge in [-0.15, -0.1) is 0 Å². The summed E-state index contributed by atoms with van der Waals surface area (Å²) in [6.07, 6.45) is 3.74. The summed E-state index contributed by atoms with van der Waals surface area (Å²) in [5.74, 6) is 7.84. The van der Waals surface area contributed by atoms with Gasteiger partial charge in [-0.1, -0.05) is 18.0 Å². The third-order valence-corrected chi connectivity index (χ3v) is 5.27. The fourth-order valence-electron chi connectivity index (χ4n) is 2.59. The van der Waals surface area contributed by atoms with Crippen molar-refractivity contribution in [3.8, 4) is 0 Å². The lowest BCUT2D eigenvalue weighted by molar-refractivity contribution is 0.409. The number of fused-ring (bicyclic) bond motifs is 1. The van der Waals surface area contributed by atoms with Gasteiger partial charge in [-0.2, -0.15) is 11.8 Å². The van der Waals surface area contributed by atoms with E-state index in [0.717, 1.165) is 21.8 Å². The molecule has 0 saturated carbocycles. The number of halogens is 1. The molecule has 3 N–H and O–H groups in total. The van der Waals surface area contributed by atoms with Crippen LogP contribution in [-0.4, -0.2) is 11.0 Å². The molecule has 102 valence electrons. The second-order valence-electron chi connectivity index (χ2n) is 4.88. The minimum Gasteiger partial charge on any atom is -0.459 e. The smallest absolute Gasteiger partial charge is 0.134 e. The second-order valence-corrected chi connectivity index (χ2v) is 6.66. The number of rotatable bonds is 3. The average molecular weight is 297 g/mol. The molecule has 2 heterocycles. The van der Waals surface area contributed by atoms with Crippen LogP contribution in [0.15, 0.2) is 28.7 Å². The molecule has 5 heteroatoms. The molecule has 2 unspecified atom stereocenters. The van der Waals surface area contributed by atoms with Crippen LogP contribution in [0.2, 0.25) is 5.02 Å². The SMILES string of the molecule is NNC(c1cc2cc(Cl)ccc2o1)C1CCCCS1. The zero-order valence-corrected chi connectivity index (χ0v) is 12.1. The summed E-state index contributed by atoms with van der Waals surface area (Å²) < 4.78 is 5.91. The molecule has 1 saturated heterocycles. The molecule has 2 aromatic rings. The maximum Gasteiger partial charge on any atom is 0.134 e. The maximum atomic E-state index is 6.00. The Labute approximate surface area is 121 Å². The Bertz CT molecular complexity index is 566. The zero-order valence-electron chi connectivity index (χ0n) is 10.6. The van der Waals surface area contributed by atoms with E-state index in [1.807, 2.05) is 36.0 Å². The molecule has 1 aromatic carbocycles. The number of thioether (sulfide) groups is 1. The average Bonchev–Trinajstić information content (AvgIpc) is 2.83. The monoisotopic (exact) mass is 296 g/mol. The molecule has 0 bridgehead atoms. The van der Waals surface area contributed by atoms with Crippen molar-refractivity contribution in [2.24, 2.45) is 5.84 Å². The summed E-state index contributed by atoms with van der Waals surface area (Å²) in [6, 6.07) is 7.78. The number of hydrazine groups is 1. The molecule has 2 atom stereocenters. The molecule has 3 nitrogen and oxygen atoms in total. The number of furan rings is 1. The highest BCUT2D eigenvalue weighted by atomic mass is 35.5. The van der Waals surface area contributed by atoms with Gasteiger partial charge in [0.15, 0.2) is 0 Å². The molecule has 1 aliphatic rings. The molecule has 0 amide bonds. The molecule has 3 rings (SSSR count). The summed E-state index contributed by atoms with van der Waals surface area (Å²) >= 11 is 7.98. The van der Waals surface area contributed by atoms with Crippen LogP contribution in [0.1, 0.15) is 31.1 Å². The predicted molar refractivity (Wildman–Crippen MR) is 81.4 cm³/mol. The Balaban J connectivity index is 1.91. The second kappa shape index (κ2) is 5.75.